The van der Waals surface area contributed by atoms with Crippen LogP contribution in [-0.2, 0) is 0 Å². The summed E-state index contributed by atoms with van der Waals surface area (Å²) in [6.45, 7) is 3.76. The Morgan fingerprint density at radius 1 is 1.64 bits per heavy atom. The predicted octanol–water partition coefficient (Wildman–Crippen LogP) is 3.49. The zero-order chi connectivity index (χ0) is 10.7. The van der Waals surface area contributed by atoms with Gasteiger partial charge in [-0.3, -0.25) is 4.79 Å². The van der Waals surface area contributed by atoms with Gasteiger partial charge in [0.05, 0.1) is 10.9 Å². The highest BCUT2D eigenvalue weighted by Gasteiger charge is 2.25. The van der Waals surface area contributed by atoms with Crippen molar-refractivity contribution in [2.24, 2.45) is 11.8 Å². The Bertz CT molecular complexity index is 378. The number of nitrogens with zero attached hydrogens (tertiary/aromatic N) is 1. The van der Waals surface area contributed by atoms with E-state index in [-0.39, 0.29) is 11.7 Å². The summed E-state index contributed by atoms with van der Waals surface area (Å²) in [5, 5.41) is 10.7. The fraction of sp³-hybridized carbons (Fsp3) is 0.400. The zero-order valence-corrected chi connectivity index (χ0v) is 10.4. The van der Waals surface area contributed by atoms with Crippen LogP contribution in [0.25, 0.3) is 0 Å². The summed E-state index contributed by atoms with van der Waals surface area (Å²) in [4.78, 5) is 12.5. The van der Waals surface area contributed by atoms with Crippen LogP contribution in [0.2, 0.25) is 0 Å². The number of thiophene rings is 1. The second-order valence-corrected chi connectivity index (χ2v) is 5.08. The van der Waals surface area contributed by atoms with E-state index in [4.69, 9.17) is 5.26 Å². The van der Waals surface area contributed by atoms with Crippen LogP contribution in [0.3, 0.4) is 0 Å². The number of rotatable bonds is 3. The number of carbonyl (C=O) groups excluding carboxylic acids is 1. The SMILES string of the molecule is CC(C)C(C#N)C(=O)c1sccc1Br. The quantitative estimate of drug-likeness (QED) is 0.790. The van der Waals surface area contributed by atoms with E-state index in [1.54, 1.807) is 0 Å². The maximum absolute atomic E-state index is 11.9. The van der Waals surface area contributed by atoms with Crippen LogP contribution in [-0.4, -0.2) is 5.78 Å². The minimum absolute atomic E-state index is 0.0569. The van der Waals surface area contributed by atoms with Crippen LogP contribution in [0.5, 0.6) is 0 Å². The topological polar surface area (TPSA) is 40.9 Å². The van der Waals surface area contributed by atoms with Crippen LogP contribution < -0.4 is 0 Å². The molecule has 4 heteroatoms. The lowest BCUT2D eigenvalue weighted by molar-refractivity contribution is 0.0928. The third-order valence-electron chi connectivity index (χ3n) is 1.93. The normalized spacial score (nSPS) is 12.5. The highest BCUT2D eigenvalue weighted by Crippen LogP contribution is 2.27. The van der Waals surface area contributed by atoms with Crippen LogP contribution >= 0.6 is 27.3 Å². The molecule has 0 amide bonds. The minimum Gasteiger partial charge on any atom is -0.292 e. The van der Waals surface area contributed by atoms with E-state index in [9.17, 15) is 4.79 Å². The average Bonchev–Trinajstić information content (AvgIpc) is 2.51. The molecule has 0 aromatic carbocycles. The lowest BCUT2D eigenvalue weighted by atomic mass is 9.92. The van der Waals surface area contributed by atoms with Gasteiger partial charge in [-0.15, -0.1) is 11.3 Å². The lowest BCUT2D eigenvalue weighted by Gasteiger charge is -2.10. The largest absolute Gasteiger partial charge is 0.292 e. The molecule has 1 atom stereocenters. The number of Topliss-reactive ketones (excluding diaryl/α,β-unsaturated/α-hetero) is 1. The van der Waals surface area contributed by atoms with Crippen LogP contribution in [0, 0.1) is 23.2 Å². The molecule has 0 aliphatic heterocycles. The number of hydrogen-bond acceptors (Lipinski definition) is 3. The van der Waals surface area contributed by atoms with Gasteiger partial charge in [0, 0.05) is 4.47 Å². The molecule has 0 N–H and O–H groups in total. The second-order valence-electron chi connectivity index (χ2n) is 3.31. The number of halogens is 1. The van der Waals surface area contributed by atoms with Crippen molar-refractivity contribution in [3.05, 3.63) is 20.8 Å². The van der Waals surface area contributed by atoms with Gasteiger partial charge in [-0.2, -0.15) is 5.26 Å². The summed E-state index contributed by atoms with van der Waals surface area (Å²) in [7, 11) is 0. The van der Waals surface area contributed by atoms with Crippen LogP contribution in [0.4, 0.5) is 0 Å². The first-order valence-electron chi connectivity index (χ1n) is 4.24. The molecule has 0 aliphatic carbocycles. The van der Waals surface area contributed by atoms with Crippen molar-refractivity contribution in [2.75, 3.05) is 0 Å². The van der Waals surface area contributed by atoms with Gasteiger partial charge in [0.25, 0.3) is 0 Å². The molecule has 1 unspecified atom stereocenters. The summed E-state index contributed by atoms with van der Waals surface area (Å²) in [6.07, 6.45) is 0. The number of carbonyl (C=O) groups is 1. The summed E-state index contributed by atoms with van der Waals surface area (Å²) >= 11 is 4.66. The van der Waals surface area contributed by atoms with Gasteiger partial charge in [-0.1, -0.05) is 13.8 Å². The summed E-state index contributed by atoms with van der Waals surface area (Å²) in [6, 6.07) is 3.88. The van der Waals surface area contributed by atoms with E-state index in [1.807, 2.05) is 25.3 Å². The molecule has 0 aliphatic rings. The van der Waals surface area contributed by atoms with Gasteiger partial charge in [-0.25, -0.2) is 0 Å². The third kappa shape index (κ3) is 2.23. The van der Waals surface area contributed by atoms with E-state index in [2.05, 4.69) is 22.0 Å². The van der Waals surface area contributed by atoms with Crippen molar-refractivity contribution in [1.82, 2.24) is 0 Å². The van der Waals surface area contributed by atoms with E-state index >= 15 is 0 Å². The minimum atomic E-state index is -0.537. The van der Waals surface area contributed by atoms with E-state index in [0.29, 0.717) is 4.88 Å². The maximum Gasteiger partial charge on any atom is 0.191 e. The molecular formula is C10H10BrNOS. The molecule has 0 saturated carbocycles. The molecular weight excluding hydrogens is 262 g/mol. The Morgan fingerprint density at radius 2 is 2.29 bits per heavy atom. The van der Waals surface area contributed by atoms with Crippen LogP contribution in [0.1, 0.15) is 23.5 Å². The first-order chi connectivity index (χ1) is 6.57. The molecule has 1 aromatic heterocycles. The van der Waals surface area contributed by atoms with Gasteiger partial charge in [0.2, 0.25) is 0 Å². The molecule has 0 radical (unpaired) electrons. The van der Waals surface area contributed by atoms with Crippen molar-refractivity contribution >= 4 is 33.0 Å². The van der Waals surface area contributed by atoms with Gasteiger partial charge in [0.1, 0.15) is 5.92 Å². The standard InChI is InChI=1S/C10H10BrNOS/c1-6(2)7(5-12)9(13)10-8(11)3-4-14-10/h3-4,6-7H,1-2H3. The van der Waals surface area contributed by atoms with Crippen molar-refractivity contribution in [2.45, 2.75) is 13.8 Å². The van der Waals surface area contributed by atoms with Gasteiger partial charge in [-0.05, 0) is 33.3 Å². The van der Waals surface area contributed by atoms with Gasteiger partial charge >= 0.3 is 0 Å². The summed E-state index contributed by atoms with van der Waals surface area (Å²) < 4.78 is 0.786. The Labute approximate surface area is 95.7 Å². The molecule has 0 bridgehead atoms. The Hall–Kier alpha value is -0.660. The lowest BCUT2D eigenvalue weighted by Crippen LogP contribution is -2.17. The zero-order valence-electron chi connectivity index (χ0n) is 7.95. The third-order valence-corrected chi connectivity index (χ3v) is 3.78. The molecule has 14 heavy (non-hydrogen) atoms. The van der Waals surface area contributed by atoms with Crippen molar-refractivity contribution in [1.29, 1.82) is 5.26 Å². The monoisotopic (exact) mass is 271 g/mol. The smallest absolute Gasteiger partial charge is 0.191 e. The second kappa shape index (κ2) is 4.72. The Balaban J connectivity index is 2.96. The van der Waals surface area contributed by atoms with Crippen LogP contribution in [0.15, 0.2) is 15.9 Å². The molecule has 1 rings (SSSR count). The fourth-order valence-electron chi connectivity index (χ4n) is 1.12. The number of ketones is 1. The number of nitriles is 1. The van der Waals surface area contributed by atoms with Crippen molar-refractivity contribution in [3.8, 4) is 6.07 Å². The maximum atomic E-state index is 11.9. The summed E-state index contributed by atoms with van der Waals surface area (Å²) in [5.74, 6) is -0.559. The van der Waals surface area contributed by atoms with Gasteiger partial charge < -0.3 is 0 Å². The first-order valence-corrected chi connectivity index (χ1v) is 5.92. The van der Waals surface area contributed by atoms with E-state index in [0.717, 1.165) is 4.47 Å². The fourth-order valence-corrected chi connectivity index (χ4v) is 2.67. The molecule has 1 heterocycles. The Morgan fingerprint density at radius 3 is 2.64 bits per heavy atom. The predicted molar refractivity (Wildman–Crippen MR) is 60.3 cm³/mol. The highest BCUT2D eigenvalue weighted by atomic mass is 79.9. The van der Waals surface area contributed by atoms with Crippen molar-refractivity contribution < 1.29 is 4.79 Å². The average molecular weight is 272 g/mol. The van der Waals surface area contributed by atoms with Crippen molar-refractivity contribution in [3.63, 3.8) is 0 Å². The Kier molecular flexibility index (Phi) is 3.85. The molecule has 0 fully saturated rings. The molecule has 2 nitrogen and oxygen atoms in total. The van der Waals surface area contributed by atoms with E-state index < -0.39 is 5.92 Å². The van der Waals surface area contributed by atoms with Gasteiger partial charge in [0.15, 0.2) is 5.78 Å². The number of hydrogen-bond donors (Lipinski definition) is 0. The van der Waals surface area contributed by atoms with E-state index in [1.165, 1.54) is 11.3 Å². The summed E-state index contributed by atoms with van der Waals surface area (Å²) in [5.41, 5.74) is 0. The first kappa shape index (κ1) is 11.4. The molecule has 1 aromatic rings. The molecule has 0 spiro atoms. The molecule has 74 valence electrons. The molecule has 0 saturated heterocycles. The highest BCUT2D eigenvalue weighted by molar-refractivity contribution is 9.10.